The van der Waals surface area contributed by atoms with Crippen LogP contribution in [0.1, 0.15) is 19.4 Å². The Bertz CT molecular complexity index is 440. The number of nitrogens with zero attached hydrogens (tertiary/aromatic N) is 2. The Hall–Kier alpha value is -0.380. The first-order chi connectivity index (χ1) is 6.68. The number of rotatable bonds is 0. The van der Waals surface area contributed by atoms with E-state index in [1.165, 1.54) is 11.3 Å². The molecule has 2 aromatic rings. The molecule has 0 aliphatic rings. The van der Waals surface area contributed by atoms with Crippen molar-refractivity contribution in [1.82, 2.24) is 9.97 Å². The Balaban J connectivity index is 0.000000461. The summed E-state index contributed by atoms with van der Waals surface area (Å²) in [5, 5.41) is 2.62. The van der Waals surface area contributed by atoms with Crippen LogP contribution in [0.15, 0.2) is 5.38 Å². The Morgan fingerprint density at radius 3 is 2.50 bits per heavy atom. The molecule has 14 heavy (non-hydrogen) atoms. The van der Waals surface area contributed by atoms with Gasteiger partial charge in [0.15, 0.2) is 5.15 Å². The lowest BCUT2D eigenvalue weighted by Crippen LogP contribution is -1.83. The number of halogens is 2. The van der Waals surface area contributed by atoms with Crippen LogP contribution in [0.4, 0.5) is 0 Å². The molecular formula is C9H10Cl2N2S. The lowest BCUT2D eigenvalue weighted by atomic mass is 10.3. The van der Waals surface area contributed by atoms with E-state index in [9.17, 15) is 0 Å². The number of thiophene rings is 1. The molecule has 0 aliphatic carbocycles. The van der Waals surface area contributed by atoms with Crippen LogP contribution in [-0.2, 0) is 0 Å². The smallest absolute Gasteiger partial charge is 0.217 e. The number of aromatic nitrogens is 2. The van der Waals surface area contributed by atoms with Crippen molar-refractivity contribution < 1.29 is 0 Å². The van der Waals surface area contributed by atoms with Crippen LogP contribution in [0.2, 0.25) is 10.4 Å². The van der Waals surface area contributed by atoms with E-state index >= 15 is 0 Å². The molecule has 0 unspecified atom stereocenters. The van der Waals surface area contributed by atoms with Gasteiger partial charge in [0.2, 0.25) is 5.28 Å². The zero-order chi connectivity index (χ0) is 10.7. The van der Waals surface area contributed by atoms with Gasteiger partial charge in [-0.15, -0.1) is 11.3 Å². The second-order valence-electron chi connectivity index (χ2n) is 2.38. The average molecular weight is 249 g/mol. The van der Waals surface area contributed by atoms with E-state index in [1.807, 2.05) is 26.2 Å². The fraction of sp³-hybridized carbons (Fsp3) is 0.333. The van der Waals surface area contributed by atoms with Gasteiger partial charge in [-0.3, -0.25) is 0 Å². The van der Waals surface area contributed by atoms with Crippen LogP contribution < -0.4 is 0 Å². The summed E-state index contributed by atoms with van der Waals surface area (Å²) in [6.45, 7) is 5.97. The fourth-order valence-electron chi connectivity index (χ4n) is 0.972. The number of fused-ring (bicyclic) bond motifs is 1. The Kier molecular flexibility index (Phi) is 4.11. The van der Waals surface area contributed by atoms with Gasteiger partial charge >= 0.3 is 0 Å². The second-order valence-corrected chi connectivity index (χ2v) is 3.96. The van der Waals surface area contributed by atoms with Gasteiger partial charge in [-0.05, 0) is 29.5 Å². The average Bonchev–Trinajstić information content (AvgIpc) is 2.52. The van der Waals surface area contributed by atoms with Crippen LogP contribution in [-0.4, -0.2) is 9.97 Å². The van der Waals surface area contributed by atoms with Gasteiger partial charge < -0.3 is 0 Å². The van der Waals surface area contributed by atoms with Gasteiger partial charge in [-0.1, -0.05) is 25.4 Å². The van der Waals surface area contributed by atoms with Crippen LogP contribution in [0, 0.1) is 6.92 Å². The summed E-state index contributed by atoms with van der Waals surface area (Å²) in [7, 11) is 0. The maximum absolute atomic E-state index is 5.85. The van der Waals surface area contributed by atoms with E-state index in [0.717, 1.165) is 15.8 Å². The SMILES string of the molecule is CC.Cc1csc2c(Cl)nc(Cl)nc12. The number of hydrogen-bond acceptors (Lipinski definition) is 3. The molecule has 0 aliphatic heterocycles. The molecule has 0 saturated heterocycles. The lowest BCUT2D eigenvalue weighted by Gasteiger charge is -1.93. The summed E-state index contributed by atoms with van der Waals surface area (Å²) in [5.41, 5.74) is 1.94. The summed E-state index contributed by atoms with van der Waals surface area (Å²) in [5.74, 6) is 0. The molecule has 0 bridgehead atoms. The predicted molar refractivity (Wildman–Crippen MR) is 63.5 cm³/mol. The highest BCUT2D eigenvalue weighted by Gasteiger charge is 2.07. The third-order valence-corrected chi connectivity index (χ3v) is 3.17. The van der Waals surface area contributed by atoms with Crippen molar-refractivity contribution in [3.8, 4) is 0 Å². The lowest BCUT2D eigenvalue weighted by molar-refractivity contribution is 1.22. The van der Waals surface area contributed by atoms with Crippen LogP contribution in [0.5, 0.6) is 0 Å². The molecule has 2 aromatic heterocycles. The molecule has 76 valence electrons. The number of aryl methyl sites for hydroxylation is 1. The zero-order valence-corrected chi connectivity index (χ0v) is 10.5. The highest BCUT2D eigenvalue weighted by atomic mass is 35.5. The maximum atomic E-state index is 5.85. The minimum atomic E-state index is 0.203. The molecule has 0 aromatic carbocycles. The third-order valence-electron chi connectivity index (χ3n) is 1.52. The summed E-state index contributed by atoms with van der Waals surface area (Å²) < 4.78 is 0.901. The van der Waals surface area contributed by atoms with E-state index in [-0.39, 0.29) is 5.28 Å². The second kappa shape index (κ2) is 4.91. The van der Waals surface area contributed by atoms with Crippen molar-refractivity contribution in [3.05, 3.63) is 21.4 Å². The first kappa shape index (κ1) is 11.7. The van der Waals surface area contributed by atoms with E-state index in [0.29, 0.717) is 5.15 Å². The molecule has 0 atom stereocenters. The fourth-order valence-corrected chi connectivity index (χ4v) is 2.36. The molecule has 5 heteroatoms. The Morgan fingerprint density at radius 2 is 1.86 bits per heavy atom. The van der Waals surface area contributed by atoms with Crippen LogP contribution in [0.25, 0.3) is 10.2 Å². The topological polar surface area (TPSA) is 25.8 Å². The summed E-state index contributed by atoms with van der Waals surface area (Å²) in [6.07, 6.45) is 0. The quantitative estimate of drug-likeness (QED) is 0.513. The van der Waals surface area contributed by atoms with E-state index in [2.05, 4.69) is 9.97 Å². The Morgan fingerprint density at radius 1 is 1.21 bits per heavy atom. The third kappa shape index (κ3) is 2.16. The molecule has 0 saturated carbocycles. The first-order valence-electron chi connectivity index (χ1n) is 4.25. The van der Waals surface area contributed by atoms with Crippen molar-refractivity contribution in [2.75, 3.05) is 0 Å². The van der Waals surface area contributed by atoms with Gasteiger partial charge in [0.05, 0.1) is 10.2 Å². The van der Waals surface area contributed by atoms with Crippen molar-refractivity contribution in [2.45, 2.75) is 20.8 Å². The van der Waals surface area contributed by atoms with Crippen molar-refractivity contribution in [2.24, 2.45) is 0 Å². The minimum Gasteiger partial charge on any atom is -0.217 e. The normalized spacial score (nSPS) is 9.79. The zero-order valence-electron chi connectivity index (χ0n) is 8.14. The highest BCUT2D eigenvalue weighted by molar-refractivity contribution is 7.18. The highest BCUT2D eigenvalue weighted by Crippen LogP contribution is 2.29. The summed E-state index contributed by atoms with van der Waals surface area (Å²) >= 11 is 13.0. The van der Waals surface area contributed by atoms with Gasteiger partial charge in [-0.2, -0.15) is 0 Å². The monoisotopic (exact) mass is 248 g/mol. The summed E-state index contributed by atoms with van der Waals surface area (Å²) in [4.78, 5) is 7.92. The Labute approximate surface area is 96.9 Å². The van der Waals surface area contributed by atoms with Crippen LogP contribution in [0.3, 0.4) is 0 Å². The van der Waals surface area contributed by atoms with E-state index in [4.69, 9.17) is 23.2 Å². The van der Waals surface area contributed by atoms with E-state index < -0.39 is 0 Å². The van der Waals surface area contributed by atoms with Crippen LogP contribution >= 0.6 is 34.5 Å². The predicted octanol–water partition coefficient (Wildman–Crippen LogP) is 4.33. The van der Waals surface area contributed by atoms with Gasteiger partial charge in [0.1, 0.15) is 0 Å². The first-order valence-corrected chi connectivity index (χ1v) is 5.89. The molecule has 2 rings (SSSR count). The van der Waals surface area contributed by atoms with E-state index in [1.54, 1.807) is 0 Å². The molecule has 0 fully saturated rings. The van der Waals surface area contributed by atoms with Crippen molar-refractivity contribution in [1.29, 1.82) is 0 Å². The largest absolute Gasteiger partial charge is 0.224 e. The maximum Gasteiger partial charge on any atom is 0.224 e. The molecular weight excluding hydrogens is 239 g/mol. The van der Waals surface area contributed by atoms with Crippen molar-refractivity contribution in [3.63, 3.8) is 0 Å². The molecule has 2 heterocycles. The minimum absolute atomic E-state index is 0.203. The molecule has 0 radical (unpaired) electrons. The van der Waals surface area contributed by atoms with Gasteiger partial charge in [-0.25, -0.2) is 9.97 Å². The molecule has 0 N–H and O–H groups in total. The molecule has 0 amide bonds. The summed E-state index contributed by atoms with van der Waals surface area (Å²) in [6, 6.07) is 0. The van der Waals surface area contributed by atoms with Gasteiger partial charge in [0, 0.05) is 0 Å². The standard InChI is InChI=1S/C7H4Cl2N2S.C2H6/c1-3-2-12-5-4(3)10-7(9)11-6(5)8;1-2/h2H,1H3;1-2H3. The molecule has 2 nitrogen and oxygen atoms in total. The van der Waals surface area contributed by atoms with Crippen molar-refractivity contribution >= 4 is 44.8 Å². The molecule has 0 spiro atoms. The number of hydrogen-bond donors (Lipinski definition) is 0. The van der Waals surface area contributed by atoms with Gasteiger partial charge in [0.25, 0.3) is 0 Å².